The number of H-pyrrole nitrogens is 1. The molecule has 1 fully saturated rings. The number of hydrogen-bond acceptors (Lipinski definition) is 4. The molecule has 1 saturated heterocycles. The Bertz CT molecular complexity index is 1010. The molecule has 1 aliphatic heterocycles. The monoisotopic (exact) mass is 453 g/mol. The lowest BCUT2D eigenvalue weighted by Crippen LogP contribution is -2.44. The summed E-state index contributed by atoms with van der Waals surface area (Å²) in [6, 6.07) is 12.2. The molecule has 1 atom stereocenters. The van der Waals surface area contributed by atoms with Gasteiger partial charge in [0.1, 0.15) is 11.6 Å². The maximum absolute atomic E-state index is 13.4. The lowest BCUT2D eigenvalue weighted by Gasteiger charge is -2.33. The Balaban J connectivity index is 1.24. The van der Waals surface area contributed by atoms with Crippen LogP contribution in [0.5, 0.6) is 0 Å². The standard InChI is InChI=1S/C25H32FN5O2/c1-30(12-6-10-21-17-22(29-28-21)19-8-5-9-20(26)16-19)25(32)27-18-23(24-11-7-15-33-24)31-13-3-2-4-14-31/h5,7-9,11,15-17,23H,2-4,6,10,12-14,18H2,1H3,(H,27,32)(H,28,29). The second kappa shape index (κ2) is 11.1. The molecule has 2 aromatic heterocycles. The average Bonchev–Trinajstić information content (AvgIpc) is 3.52. The first kappa shape index (κ1) is 23.0. The molecule has 8 heteroatoms. The SMILES string of the molecule is CN(CCCc1cc(-c2cccc(F)c2)n[nH]1)C(=O)NCC(c1ccco1)N1CCCCC1. The number of nitrogens with one attached hydrogen (secondary N) is 2. The third-order valence-electron chi connectivity index (χ3n) is 6.19. The molecular weight excluding hydrogens is 421 g/mol. The number of aryl methyl sites for hydroxylation is 1. The maximum Gasteiger partial charge on any atom is 0.317 e. The number of piperidine rings is 1. The van der Waals surface area contributed by atoms with Crippen molar-refractivity contribution in [2.75, 3.05) is 33.2 Å². The van der Waals surface area contributed by atoms with Gasteiger partial charge in [-0.1, -0.05) is 18.6 Å². The van der Waals surface area contributed by atoms with Gasteiger partial charge in [-0.3, -0.25) is 10.00 Å². The summed E-state index contributed by atoms with van der Waals surface area (Å²) in [5, 5.41) is 10.4. The van der Waals surface area contributed by atoms with Gasteiger partial charge in [-0.25, -0.2) is 9.18 Å². The van der Waals surface area contributed by atoms with Crippen LogP contribution in [-0.4, -0.2) is 59.3 Å². The number of amides is 2. The number of aromatic nitrogens is 2. The normalized spacial score (nSPS) is 15.3. The molecule has 4 rings (SSSR count). The van der Waals surface area contributed by atoms with Crippen LogP contribution < -0.4 is 5.32 Å². The first-order valence-corrected chi connectivity index (χ1v) is 11.7. The van der Waals surface area contributed by atoms with Crippen molar-refractivity contribution in [2.24, 2.45) is 0 Å². The van der Waals surface area contributed by atoms with E-state index in [2.05, 4.69) is 20.4 Å². The van der Waals surface area contributed by atoms with E-state index >= 15 is 0 Å². The van der Waals surface area contributed by atoms with Crippen LogP contribution in [0.2, 0.25) is 0 Å². The van der Waals surface area contributed by atoms with Gasteiger partial charge in [0.2, 0.25) is 0 Å². The lowest BCUT2D eigenvalue weighted by molar-refractivity contribution is 0.140. The number of hydrogen-bond donors (Lipinski definition) is 2. The molecule has 3 aromatic rings. The minimum atomic E-state index is -0.278. The number of urea groups is 1. The molecule has 1 unspecified atom stereocenters. The van der Waals surface area contributed by atoms with Crippen LogP contribution >= 0.6 is 0 Å². The van der Waals surface area contributed by atoms with Crippen molar-refractivity contribution < 1.29 is 13.6 Å². The summed E-state index contributed by atoms with van der Waals surface area (Å²) < 4.78 is 19.1. The van der Waals surface area contributed by atoms with Crippen LogP contribution in [0.25, 0.3) is 11.3 Å². The average molecular weight is 454 g/mol. The predicted octanol–water partition coefficient (Wildman–Crippen LogP) is 4.61. The van der Waals surface area contributed by atoms with E-state index in [0.717, 1.165) is 48.6 Å². The summed E-state index contributed by atoms with van der Waals surface area (Å²) in [4.78, 5) is 16.8. The van der Waals surface area contributed by atoms with Crippen LogP contribution in [0.4, 0.5) is 9.18 Å². The molecule has 0 saturated carbocycles. The van der Waals surface area contributed by atoms with E-state index in [4.69, 9.17) is 4.42 Å². The van der Waals surface area contributed by atoms with Gasteiger partial charge in [-0.15, -0.1) is 0 Å². The van der Waals surface area contributed by atoms with Gasteiger partial charge in [-0.2, -0.15) is 5.10 Å². The van der Waals surface area contributed by atoms with Gasteiger partial charge in [-0.05, 0) is 69.1 Å². The number of carbonyl (C=O) groups is 1. The Labute approximate surface area is 194 Å². The van der Waals surface area contributed by atoms with E-state index in [0.29, 0.717) is 13.1 Å². The van der Waals surface area contributed by atoms with Crippen LogP contribution in [0.15, 0.2) is 53.1 Å². The van der Waals surface area contributed by atoms with Gasteiger partial charge >= 0.3 is 6.03 Å². The molecule has 176 valence electrons. The van der Waals surface area contributed by atoms with E-state index in [-0.39, 0.29) is 17.9 Å². The van der Waals surface area contributed by atoms with Gasteiger partial charge in [0, 0.05) is 31.4 Å². The van der Waals surface area contributed by atoms with E-state index < -0.39 is 0 Å². The molecule has 1 aromatic carbocycles. The largest absolute Gasteiger partial charge is 0.468 e. The molecule has 3 heterocycles. The van der Waals surface area contributed by atoms with E-state index in [1.807, 2.05) is 31.3 Å². The second-order valence-electron chi connectivity index (χ2n) is 8.63. The highest BCUT2D eigenvalue weighted by Crippen LogP contribution is 2.24. The topological polar surface area (TPSA) is 77.4 Å². The number of carbonyl (C=O) groups excluding carboxylic acids is 1. The zero-order chi connectivity index (χ0) is 23.0. The van der Waals surface area contributed by atoms with Crippen LogP contribution in [0.1, 0.15) is 43.2 Å². The van der Waals surface area contributed by atoms with Crippen molar-refractivity contribution in [1.29, 1.82) is 0 Å². The minimum Gasteiger partial charge on any atom is -0.468 e. The third-order valence-corrected chi connectivity index (χ3v) is 6.19. The number of furan rings is 1. The van der Waals surface area contributed by atoms with E-state index in [1.54, 1.807) is 17.2 Å². The van der Waals surface area contributed by atoms with Crippen LogP contribution in [0.3, 0.4) is 0 Å². The molecule has 0 aliphatic carbocycles. The summed E-state index contributed by atoms with van der Waals surface area (Å²) in [5.41, 5.74) is 2.43. The molecule has 2 amide bonds. The molecule has 0 radical (unpaired) electrons. The number of rotatable bonds is 9. The Morgan fingerprint density at radius 3 is 2.85 bits per heavy atom. The first-order valence-electron chi connectivity index (χ1n) is 11.7. The molecule has 7 nitrogen and oxygen atoms in total. The lowest BCUT2D eigenvalue weighted by atomic mass is 10.1. The van der Waals surface area contributed by atoms with Crippen molar-refractivity contribution >= 4 is 6.03 Å². The molecule has 33 heavy (non-hydrogen) atoms. The molecule has 0 bridgehead atoms. The van der Waals surface area contributed by atoms with Crippen molar-refractivity contribution in [1.82, 2.24) is 25.3 Å². The number of aromatic amines is 1. The minimum absolute atomic E-state index is 0.0592. The highest BCUT2D eigenvalue weighted by molar-refractivity contribution is 5.73. The van der Waals surface area contributed by atoms with Gasteiger partial charge < -0.3 is 14.6 Å². The predicted molar refractivity (Wildman–Crippen MR) is 125 cm³/mol. The molecule has 2 N–H and O–H groups in total. The third kappa shape index (κ3) is 6.22. The highest BCUT2D eigenvalue weighted by Gasteiger charge is 2.25. The van der Waals surface area contributed by atoms with Crippen molar-refractivity contribution in [2.45, 2.75) is 38.1 Å². The fourth-order valence-electron chi connectivity index (χ4n) is 4.33. The number of halogens is 1. The summed E-state index contributed by atoms with van der Waals surface area (Å²) in [6.07, 6.45) is 6.86. The molecule has 1 aliphatic rings. The van der Waals surface area contributed by atoms with Gasteiger partial charge in [0.15, 0.2) is 0 Å². The number of benzene rings is 1. The number of likely N-dealkylation sites (tertiary alicyclic amines) is 1. The van der Waals surface area contributed by atoms with Gasteiger partial charge in [0.25, 0.3) is 0 Å². The first-order chi connectivity index (χ1) is 16.1. The van der Waals surface area contributed by atoms with Crippen LogP contribution in [0, 0.1) is 5.82 Å². The summed E-state index contributed by atoms with van der Waals surface area (Å²) in [5.74, 6) is 0.618. The van der Waals surface area contributed by atoms with E-state index in [9.17, 15) is 9.18 Å². The van der Waals surface area contributed by atoms with Crippen LogP contribution in [-0.2, 0) is 6.42 Å². The van der Waals surface area contributed by atoms with E-state index in [1.165, 1.54) is 31.4 Å². The van der Waals surface area contributed by atoms with Crippen molar-refractivity contribution in [3.63, 3.8) is 0 Å². The van der Waals surface area contributed by atoms with Crippen molar-refractivity contribution in [3.8, 4) is 11.3 Å². The summed E-state index contributed by atoms with van der Waals surface area (Å²) in [6.45, 7) is 3.20. The molecule has 0 spiro atoms. The highest BCUT2D eigenvalue weighted by atomic mass is 19.1. The fraction of sp³-hybridized carbons (Fsp3) is 0.440. The Kier molecular flexibility index (Phi) is 7.78. The Hall–Kier alpha value is -3.13. The zero-order valence-corrected chi connectivity index (χ0v) is 19.1. The summed E-state index contributed by atoms with van der Waals surface area (Å²) in [7, 11) is 1.81. The maximum atomic E-state index is 13.4. The fourth-order valence-corrected chi connectivity index (χ4v) is 4.33. The summed E-state index contributed by atoms with van der Waals surface area (Å²) >= 11 is 0. The number of nitrogens with zero attached hydrogens (tertiary/aromatic N) is 3. The Morgan fingerprint density at radius 2 is 2.09 bits per heavy atom. The molecular formula is C25H32FN5O2. The Morgan fingerprint density at radius 1 is 1.24 bits per heavy atom. The quantitative estimate of drug-likeness (QED) is 0.496. The zero-order valence-electron chi connectivity index (χ0n) is 19.1. The van der Waals surface area contributed by atoms with Crippen molar-refractivity contribution in [3.05, 3.63) is 66.0 Å². The smallest absolute Gasteiger partial charge is 0.317 e. The van der Waals surface area contributed by atoms with Gasteiger partial charge in [0.05, 0.1) is 18.0 Å². The second-order valence-corrected chi connectivity index (χ2v) is 8.63.